The third-order valence-corrected chi connectivity index (χ3v) is 6.10. The van der Waals surface area contributed by atoms with Crippen molar-refractivity contribution < 1.29 is 14.3 Å². The van der Waals surface area contributed by atoms with E-state index in [4.69, 9.17) is 16.3 Å². The van der Waals surface area contributed by atoms with E-state index in [1.807, 2.05) is 47.4 Å². The Kier molecular flexibility index (Phi) is 6.05. The van der Waals surface area contributed by atoms with Gasteiger partial charge in [0.2, 0.25) is 5.91 Å². The van der Waals surface area contributed by atoms with E-state index in [-0.39, 0.29) is 18.4 Å². The Bertz CT molecular complexity index is 887. The third-order valence-electron chi connectivity index (χ3n) is 5.74. The molecule has 2 aromatic rings. The van der Waals surface area contributed by atoms with Crippen LogP contribution in [0.4, 0.5) is 0 Å². The lowest BCUT2D eigenvalue weighted by Gasteiger charge is -2.39. The number of hydrogen-bond donors (Lipinski definition) is 0. The zero-order chi connectivity index (χ0) is 20.2. The van der Waals surface area contributed by atoms with Gasteiger partial charge in [0.1, 0.15) is 11.8 Å². The summed E-state index contributed by atoms with van der Waals surface area (Å²) in [5.74, 6) is 0.536. The van der Waals surface area contributed by atoms with Gasteiger partial charge < -0.3 is 14.5 Å². The Hall–Kier alpha value is -2.53. The largest absolute Gasteiger partial charge is 0.484 e. The number of ether oxygens (including phenoxy) is 1. The molecule has 1 fully saturated rings. The van der Waals surface area contributed by atoms with E-state index in [1.165, 1.54) is 5.56 Å². The van der Waals surface area contributed by atoms with Gasteiger partial charge in [0, 0.05) is 24.7 Å². The van der Waals surface area contributed by atoms with Crippen LogP contribution in [-0.2, 0) is 22.6 Å². The number of halogens is 1. The van der Waals surface area contributed by atoms with Crippen LogP contribution in [0.5, 0.6) is 5.75 Å². The van der Waals surface area contributed by atoms with Crippen LogP contribution in [0.3, 0.4) is 0 Å². The SMILES string of the molecule is O=C([C@H]1CCCCN1C(=O)COc1ccccc1)N1CCc2cccc(Cl)c2C1. The molecule has 152 valence electrons. The van der Waals surface area contributed by atoms with Crippen LogP contribution in [-0.4, -0.2) is 47.4 Å². The number of benzene rings is 2. The van der Waals surface area contributed by atoms with Gasteiger partial charge in [-0.15, -0.1) is 0 Å². The maximum absolute atomic E-state index is 13.3. The zero-order valence-corrected chi connectivity index (χ0v) is 17.1. The van der Waals surface area contributed by atoms with E-state index in [9.17, 15) is 9.59 Å². The first-order valence-electron chi connectivity index (χ1n) is 10.2. The fourth-order valence-electron chi connectivity index (χ4n) is 4.17. The van der Waals surface area contributed by atoms with Gasteiger partial charge >= 0.3 is 0 Å². The van der Waals surface area contributed by atoms with Gasteiger partial charge in [0.15, 0.2) is 6.61 Å². The molecule has 1 atom stereocenters. The molecule has 0 N–H and O–H groups in total. The molecular formula is C23H25ClN2O3. The van der Waals surface area contributed by atoms with Gasteiger partial charge in [-0.1, -0.05) is 41.9 Å². The minimum Gasteiger partial charge on any atom is -0.484 e. The third kappa shape index (κ3) is 4.40. The lowest BCUT2D eigenvalue weighted by molar-refractivity contribution is -0.149. The minimum atomic E-state index is -0.417. The topological polar surface area (TPSA) is 49.9 Å². The van der Waals surface area contributed by atoms with Gasteiger partial charge in [-0.2, -0.15) is 0 Å². The maximum atomic E-state index is 13.3. The molecular weight excluding hydrogens is 388 g/mol. The first-order chi connectivity index (χ1) is 14.1. The molecule has 29 heavy (non-hydrogen) atoms. The summed E-state index contributed by atoms with van der Waals surface area (Å²) in [5, 5.41) is 0.702. The number of likely N-dealkylation sites (tertiary alicyclic amines) is 1. The van der Waals surface area contributed by atoms with Gasteiger partial charge in [0.05, 0.1) is 0 Å². The molecule has 2 aromatic carbocycles. The molecule has 0 unspecified atom stereocenters. The molecule has 5 nitrogen and oxygen atoms in total. The monoisotopic (exact) mass is 412 g/mol. The summed E-state index contributed by atoms with van der Waals surface area (Å²) in [5.41, 5.74) is 2.23. The predicted octanol–water partition coefficient (Wildman–Crippen LogP) is 3.68. The first-order valence-corrected chi connectivity index (χ1v) is 10.5. The molecule has 0 spiro atoms. The van der Waals surface area contributed by atoms with Crippen LogP contribution >= 0.6 is 11.6 Å². The molecule has 0 aromatic heterocycles. The lowest BCUT2D eigenvalue weighted by Crippen LogP contribution is -2.54. The highest BCUT2D eigenvalue weighted by Gasteiger charge is 2.36. The van der Waals surface area contributed by atoms with Crippen molar-refractivity contribution in [2.45, 2.75) is 38.3 Å². The minimum absolute atomic E-state index is 0.0170. The number of nitrogens with zero attached hydrogens (tertiary/aromatic N) is 2. The van der Waals surface area contributed by atoms with Crippen LogP contribution < -0.4 is 4.74 Å². The standard InChI is InChI=1S/C23H25ClN2O3/c24-20-10-6-7-17-12-14-25(15-19(17)20)23(28)21-11-4-5-13-26(21)22(27)16-29-18-8-2-1-3-9-18/h1-3,6-10,21H,4-5,11-16H2/t21-/m1/s1. The second-order valence-electron chi connectivity index (χ2n) is 7.59. The van der Waals surface area contributed by atoms with Crippen molar-refractivity contribution in [3.63, 3.8) is 0 Å². The van der Waals surface area contributed by atoms with Crippen molar-refractivity contribution in [1.29, 1.82) is 0 Å². The number of amides is 2. The van der Waals surface area contributed by atoms with E-state index in [0.717, 1.165) is 24.8 Å². The van der Waals surface area contributed by atoms with E-state index < -0.39 is 6.04 Å². The molecule has 0 saturated carbocycles. The van der Waals surface area contributed by atoms with Crippen molar-refractivity contribution >= 4 is 23.4 Å². The first kappa shape index (κ1) is 19.8. The molecule has 0 radical (unpaired) electrons. The van der Waals surface area contributed by atoms with Crippen molar-refractivity contribution in [3.05, 3.63) is 64.7 Å². The molecule has 2 aliphatic rings. The van der Waals surface area contributed by atoms with Crippen LogP contribution in [0.15, 0.2) is 48.5 Å². The highest BCUT2D eigenvalue weighted by molar-refractivity contribution is 6.31. The lowest BCUT2D eigenvalue weighted by atomic mass is 9.96. The zero-order valence-electron chi connectivity index (χ0n) is 16.4. The number of carbonyl (C=O) groups excluding carboxylic acids is 2. The Morgan fingerprint density at radius 2 is 1.86 bits per heavy atom. The Labute approximate surface area is 176 Å². The molecule has 6 heteroatoms. The van der Waals surface area contributed by atoms with Gasteiger partial charge in [-0.25, -0.2) is 0 Å². The van der Waals surface area contributed by atoms with Crippen LogP contribution in [0.25, 0.3) is 0 Å². The maximum Gasteiger partial charge on any atom is 0.261 e. The van der Waals surface area contributed by atoms with Crippen LogP contribution in [0.2, 0.25) is 5.02 Å². The average molecular weight is 413 g/mol. The molecule has 1 saturated heterocycles. The molecule has 2 aliphatic heterocycles. The Balaban J connectivity index is 1.43. The van der Waals surface area contributed by atoms with Gasteiger partial charge in [-0.3, -0.25) is 9.59 Å². The van der Waals surface area contributed by atoms with E-state index in [0.29, 0.717) is 36.8 Å². The average Bonchev–Trinajstić information content (AvgIpc) is 2.78. The fraction of sp³-hybridized carbons (Fsp3) is 0.391. The predicted molar refractivity (Wildman–Crippen MR) is 112 cm³/mol. The van der Waals surface area contributed by atoms with Crippen molar-refractivity contribution in [3.8, 4) is 5.75 Å². The Morgan fingerprint density at radius 1 is 1.03 bits per heavy atom. The summed E-state index contributed by atoms with van der Waals surface area (Å²) >= 11 is 6.36. The second kappa shape index (κ2) is 8.87. The van der Waals surface area contributed by atoms with Crippen molar-refractivity contribution in [1.82, 2.24) is 9.80 Å². The number of hydrogen-bond acceptors (Lipinski definition) is 3. The fourth-order valence-corrected chi connectivity index (χ4v) is 4.42. The smallest absolute Gasteiger partial charge is 0.261 e. The number of piperidine rings is 1. The number of para-hydroxylation sites is 1. The molecule has 2 amide bonds. The quantitative estimate of drug-likeness (QED) is 0.769. The number of fused-ring (bicyclic) bond motifs is 1. The van der Waals surface area contributed by atoms with E-state index >= 15 is 0 Å². The van der Waals surface area contributed by atoms with Gasteiger partial charge in [0.25, 0.3) is 5.91 Å². The van der Waals surface area contributed by atoms with Crippen molar-refractivity contribution in [2.75, 3.05) is 19.7 Å². The summed E-state index contributed by atoms with van der Waals surface area (Å²) in [6.45, 7) is 1.71. The molecule has 4 rings (SSSR count). The number of carbonyl (C=O) groups is 2. The Morgan fingerprint density at radius 3 is 2.69 bits per heavy atom. The van der Waals surface area contributed by atoms with Gasteiger partial charge in [-0.05, 0) is 55.0 Å². The molecule has 0 bridgehead atoms. The summed E-state index contributed by atoms with van der Waals surface area (Å²) in [6, 6.07) is 14.7. The van der Waals surface area contributed by atoms with E-state index in [1.54, 1.807) is 4.90 Å². The summed E-state index contributed by atoms with van der Waals surface area (Å²) in [7, 11) is 0. The summed E-state index contributed by atoms with van der Waals surface area (Å²) in [4.78, 5) is 29.7. The van der Waals surface area contributed by atoms with Crippen LogP contribution in [0.1, 0.15) is 30.4 Å². The van der Waals surface area contributed by atoms with Crippen molar-refractivity contribution in [2.24, 2.45) is 0 Å². The number of rotatable bonds is 4. The summed E-state index contributed by atoms with van der Waals surface area (Å²) in [6.07, 6.45) is 3.35. The second-order valence-corrected chi connectivity index (χ2v) is 7.99. The molecule has 2 heterocycles. The van der Waals surface area contributed by atoms with E-state index in [2.05, 4.69) is 6.07 Å². The van der Waals surface area contributed by atoms with Crippen LogP contribution in [0, 0.1) is 0 Å². The highest BCUT2D eigenvalue weighted by Crippen LogP contribution is 2.28. The normalized spacial score (nSPS) is 18.9. The molecule has 0 aliphatic carbocycles. The summed E-state index contributed by atoms with van der Waals surface area (Å²) < 4.78 is 5.62. The highest BCUT2D eigenvalue weighted by atomic mass is 35.5.